The minimum atomic E-state index is -0.561. The highest BCUT2D eigenvalue weighted by Gasteiger charge is 2.44. The van der Waals surface area contributed by atoms with E-state index in [1.165, 1.54) is 22.1 Å². The van der Waals surface area contributed by atoms with E-state index >= 15 is 0 Å². The van der Waals surface area contributed by atoms with Gasteiger partial charge in [0.25, 0.3) is 0 Å². The smallest absolute Gasteiger partial charge is 0.236 e. The van der Waals surface area contributed by atoms with Crippen molar-refractivity contribution in [3.05, 3.63) is 40.4 Å². The molecule has 0 aliphatic carbocycles. The first kappa shape index (κ1) is 24.1. The number of hydrogen-bond acceptors (Lipinski definition) is 11. The zero-order valence-electron chi connectivity index (χ0n) is 20.1. The van der Waals surface area contributed by atoms with Crippen LogP contribution < -0.4 is 5.32 Å². The van der Waals surface area contributed by atoms with Gasteiger partial charge in [0.15, 0.2) is 22.1 Å². The molecule has 13 nitrogen and oxygen atoms in total. The van der Waals surface area contributed by atoms with Crippen molar-refractivity contribution >= 4 is 40.8 Å². The van der Waals surface area contributed by atoms with Crippen molar-refractivity contribution < 1.29 is 14.3 Å². The average Bonchev–Trinajstić information content (AvgIpc) is 3.68. The van der Waals surface area contributed by atoms with Crippen LogP contribution in [0.4, 0.5) is 0 Å². The zero-order chi connectivity index (χ0) is 25.5. The van der Waals surface area contributed by atoms with Gasteiger partial charge in [-0.2, -0.15) is 15.0 Å². The molecule has 1 aromatic carbocycles. The molecule has 1 N–H and O–H groups in total. The largest absolute Gasteiger partial charge is 0.344 e. The number of tetrazole rings is 1. The van der Waals surface area contributed by atoms with E-state index in [0.717, 1.165) is 5.56 Å². The lowest BCUT2D eigenvalue weighted by Crippen LogP contribution is -2.37. The third-order valence-electron chi connectivity index (χ3n) is 6.32. The summed E-state index contributed by atoms with van der Waals surface area (Å²) in [5.74, 6) is 1.51. The number of nitrogens with one attached hydrogen (secondary N) is 1. The standard InChI is InChI=1S/C22H24N10O3S2/c1-3-30-17(9-31-28-19(25-29-31)13-6-4-12(2)5-7-13)27-32(22(30)36)15-8-14(20-34-10-16(15)35-20)24-26-21-23-18(33)11-37-21/h4-7,15-16,20H,3,8-11H2,1-2H3,(H,23,26,33)/b24-14-. The molecule has 1 amide bonds. The van der Waals surface area contributed by atoms with Crippen LogP contribution >= 0.6 is 24.0 Å². The topological polar surface area (TPSA) is 139 Å². The number of nitrogens with zero attached hydrogens (tertiary/aromatic N) is 9. The molecule has 3 fully saturated rings. The number of hydrogen-bond donors (Lipinski definition) is 1. The molecule has 6 rings (SSSR count). The maximum atomic E-state index is 11.4. The van der Waals surface area contributed by atoms with Crippen molar-refractivity contribution in [2.45, 2.75) is 51.8 Å². The Hall–Kier alpha value is -3.27. The molecule has 5 heterocycles. The van der Waals surface area contributed by atoms with Crippen molar-refractivity contribution in [1.29, 1.82) is 0 Å². The molecule has 2 aromatic heterocycles. The molecular weight excluding hydrogens is 516 g/mol. The molecule has 0 spiro atoms. The van der Waals surface area contributed by atoms with Gasteiger partial charge in [-0.15, -0.1) is 15.3 Å². The summed E-state index contributed by atoms with van der Waals surface area (Å²) in [6.45, 7) is 5.40. The van der Waals surface area contributed by atoms with Gasteiger partial charge in [-0.05, 0) is 31.3 Å². The van der Waals surface area contributed by atoms with Gasteiger partial charge in [0.1, 0.15) is 12.6 Å². The van der Waals surface area contributed by atoms with Crippen LogP contribution in [0.15, 0.2) is 34.5 Å². The SMILES string of the molecule is CCn1c(Cn2nnc(-c3ccc(C)cc3)n2)nn(C2C/C(=N/N=C3/NC(=O)CS3)C3OCC2O3)c1=S. The Morgan fingerprint density at radius 1 is 1.24 bits per heavy atom. The number of carbonyl (C=O) groups is 1. The van der Waals surface area contributed by atoms with E-state index in [0.29, 0.717) is 59.2 Å². The normalized spacial score (nSPS) is 25.4. The fourth-order valence-electron chi connectivity index (χ4n) is 4.42. The fraction of sp³-hybridized carbons (Fsp3) is 0.455. The van der Waals surface area contributed by atoms with Gasteiger partial charge in [0.2, 0.25) is 11.7 Å². The summed E-state index contributed by atoms with van der Waals surface area (Å²) in [6, 6.07) is 7.77. The number of fused-ring (bicyclic) bond motifs is 2. The molecular formula is C22H24N10O3S2. The summed E-state index contributed by atoms with van der Waals surface area (Å²) in [4.78, 5) is 13.0. The van der Waals surface area contributed by atoms with Gasteiger partial charge in [0.05, 0.1) is 24.1 Å². The highest BCUT2D eigenvalue weighted by atomic mass is 32.2. The molecule has 37 heavy (non-hydrogen) atoms. The molecule has 3 aromatic rings. The molecule has 3 saturated heterocycles. The Kier molecular flexibility index (Phi) is 6.44. The maximum Gasteiger partial charge on any atom is 0.236 e. The lowest BCUT2D eigenvalue weighted by molar-refractivity contribution is -0.116. The third kappa shape index (κ3) is 4.74. The van der Waals surface area contributed by atoms with E-state index in [1.807, 2.05) is 42.7 Å². The van der Waals surface area contributed by atoms with E-state index < -0.39 is 6.29 Å². The monoisotopic (exact) mass is 540 g/mol. The molecule has 2 bridgehead atoms. The predicted molar refractivity (Wildman–Crippen MR) is 138 cm³/mol. The molecule has 3 aliphatic rings. The van der Waals surface area contributed by atoms with Gasteiger partial charge in [-0.25, -0.2) is 4.68 Å². The van der Waals surface area contributed by atoms with Crippen LogP contribution in [0.1, 0.15) is 30.8 Å². The van der Waals surface area contributed by atoms with Gasteiger partial charge >= 0.3 is 0 Å². The van der Waals surface area contributed by atoms with E-state index in [-0.39, 0.29) is 18.1 Å². The van der Waals surface area contributed by atoms with Crippen LogP contribution in [0.25, 0.3) is 11.4 Å². The molecule has 0 radical (unpaired) electrons. The summed E-state index contributed by atoms with van der Waals surface area (Å²) in [5.41, 5.74) is 2.69. The predicted octanol–water partition coefficient (Wildman–Crippen LogP) is 1.71. The summed E-state index contributed by atoms with van der Waals surface area (Å²) in [5, 5.41) is 29.5. The minimum absolute atomic E-state index is 0.0873. The summed E-state index contributed by atoms with van der Waals surface area (Å²) in [7, 11) is 0. The Bertz CT molecular complexity index is 1460. The Balaban J connectivity index is 1.26. The van der Waals surface area contributed by atoms with E-state index in [1.54, 1.807) is 4.68 Å². The number of rotatable bonds is 6. The average molecular weight is 541 g/mol. The van der Waals surface area contributed by atoms with Crippen LogP contribution in [-0.4, -0.2) is 76.1 Å². The van der Waals surface area contributed by atoms with Crippen LogP contribution in [0.5, 0.6) is 0 Å². The number of aromatic nitrogens is 7. The van der Waals surface area contributed by atoms with Crippen molar-refractivity contribution in [3.8, 4) is 11.4 Å². The van der Waals surface area contributed by atoms with Gasteiger partial charge in [-0.3, -0.25) is 4.79 Å². The first-order chi connectivity index (χ1) is 18.0. The second-order valence-corrected chi connectivity index (χ2v) is 10.2. The van der Waals surface area contributed by atoms with Crippen LogP contribution in [-0.2, 0) is 27.4 Å². The lowest BCUT2D eigenvalue weighted by atomic mass is 10.0. The number of carbonyl (C=O) groups excluding carboxylic acids is 1. The highest BCUT2D eigenvalue weighted by Crippen LogP contribution is 2.34. The summed E-state index contributed by atoms with van der Waals surface area (Å²) >= 11 is 7.12. The van der Waals surface area contributed by atoms with E-state index in [4.69, 9.17) is 26.8 Å². The minimum Gasteiger partial charge on any atom is -0.344 e. The van der Waals surface area contributed by atoms with Crippen LogP contribution in [0.3, 0.4) is 0 Å². The van der Waals surface area contributed by atoms with Crippen molar-refractivity contribution in [3.63, 3.8) is 0 Å². The lowest BCUT2D eigenvalue weighted by Gasteiger charge is -2.27. The second kappa shape index (κ2) is 9.89. The van der Waals surface area contributed by atoms with E-state index in [9.17, 15) is 4.79 Å². The van der Waals surface area contributed by atoms with Gasteiger partial charge < -0.3 is 19.4 Å². The molecule has 3 aliphatic heterocycles. The van der Waals surface area contributed by atoms with Crippen molar-refractivity contribution in [2.24, 2.45) is 10.2 Å². The van der Waals surface area contributed by atoms with Gasteiger partial charge in [-0.1, -0.05) is 41.6 Å². The first-order valence-corrected chi connectivity index (χ1v) is 13.2. The molecule has 0 saturated carbocycles. The van der Waals surface area contributed by atoms with Crippen molar-refractivity contribution in [2.75, 3.05) is 12.4 Å². The molecule has 3 atom stereocenters. The highest BCUT2D eigenvalue weighted by molar-refractivity contribution is 8.15. The summed E-state index contributed by atoms with van der Waals surface area (Å²) < 4.78 is 16.2. The van der Waals surface area contributed by atoms with Crippen LogP contribution in [0, 0.1) is 11.7 Å². The fourth-order valence-corrected chi connectivity index (χ4v) is 5.45. The number of thioether (sulfide) groups is 1. The molecule has 192 valence electrons. The first-order valence-electron chi connectivity index (χ1n) is 11.9. The number of aryl methyl sites for hydroxylation is 1. The zero-order valence-corrected chi connectivity index (χ0v) is 21.8. The van der Waals surface area contributed by atoms with Crippen LogP contribution in [0.2, 0.25) is 0 Å². The Labute approximate surface area is 220 Å². The second-order valence-electron chi connectivity index (χ2n) is 8.84. The quantitative estimate of drug-likeness (QED) is 0.366. The number of benzene rings is 1. The molecule has 3 unspecified atom stereocenters. The maximum absolute atomic E-state index is 11.4. The van der Waals surface area contributed by atoms with E-state index in [2.05, 4.69) is 30.9 Å². The third-order valence-corrected chi connectivity index (χ3v) is 7.59. The number of amides is 1. The Morgan fingerprint density at radius 3 is 2.84 bits per heavy atom. The number of ether oxygens (including phenoxy) is 2. The molecule has 15 heteroatoms. The van der Waals surface area contributed by atoms with Crippen molar-refractivity contribution in [1.82, 2.24) is 39.9 Å². The Morgan fingerprint density at radius 2 is 2.08 bits per heavy atom. The summed E-state index contributed by atoms with van der Waals surface area (Å²) in [6.07, 6.45) is -0.262. The number of amidine groups is 1. The van der Waals surface area contributed by atoms with Gasteiger partial charge in [0, 0.05) is 18.5 Å².